The van der Waals surface area contributed by atoms with Gasteiger partial charge in [-0.05, 0) is 74.8 Å². The molecule has 1 aliphatic carbocycles. The Morgan fingerprint density at radius 3 is 2.67 bits per heavy atom. The average Bonchev–Trinajstić information content (AvgIpc) is 2.92. The summed E-state index contributed by atoms with van der Waals surface area (Å²) in [7, 11) is 0. The minimum absolute atomic E-state index is 0.0692. The number of ether oxygens (including phenoxy) is 1. The van der Waals surface area contributed by atoms with Crippen LogP contribution in [0, 0.1) is 5.92 Å². The number of carbonyl (C=O) groups is 2. The number of aromatic nitrogens is 1. The zero-order valence-electron chi connectivity index (χ0n) is 22.9. The molecule has 0 unspecified atom stereocenters. The molecular weight excluding hydrogens is 518 g/mol. The fourth-order valence-electron chi connectivity index (χ4n) is 5.31. The maximum absolute atomic E-state index is 13.1. The number of para-hydroxylation sites is 1. The number of hydrogen-bond acceptors (Lipinski definition) is 6. The molecule has 0 spiro atoms. The Labute approximate surface area is 234 Å². The van der Waals surface area contributed by atoms with Gasteiger partial charge in [-0.25, -0.2) is 18.6 Å². The highest BCUT2D eigenvalue weighted by Gasteiger charge is 2.45. The van der Waals surface area contributed by atoms with E-state index in [1.807, 2.05) is 30.3 Å². The van der Waals surface area contributed by atoms with Crippen LogP contribution in [0.3, 0.4) is 0 Å². The summed E-state index contributed by atoms with van der Waals surface area (Å²) in [6.07, 6.45) is 4.40. The molecule has 1 aromatic carbocycles. The van der Waals surface area contributed by atoms with Gasteiger partial charge in [0.1, 0.15) is 24.2 Å². The van der Waals surface area contributed by atoms with Gasteiger partial charge in [0.25, 0.3) is 0 Å². The molecule has 40 heavy (non-hydrogen) atoms. The van der Waals surface area contributed by atoms with E-state index in [4.69, 9.17) is 9.72 Å². The van der Waals surface area contributed by atoms with E-state index in [0.29, 0.717) is 19.7 Å². The molecule has 2 aliphatic rings. The van der Waals surface area contributed by atoms with Crippen LogP contribution in [0.5, 0.6) is 5.75 Å². The highest BCUT2D eigenvalue weighted by molar-refractivity contribution is 5.83. The van der Waals surface area contributed by atoms with E-state index in [1.165, 1.54) is 5.56 Å². The number of pyridine rings is 1. The molecule has 10 heteroatoms. The van der Waals surface area contributed by atoms with E-state index in [2.05, 4.69) is 27.7 Å². The first-order chi connectivity index (χ1) is 19.3. The lowest BCUT2D eigenvalue weighted by atomic mass is 9.79. The maximum atomic E-state index is 13.1. The summed E-state index contributed by atoms with van der Waals surface area (Å²) < 4.78 is 32.0. The predicted octanol–water partition coefficient (Wildman–Crippen LogP) is 4.54. The monoisotopic (exact) mass is 558 g/mol. The molecule has 8 nitrogen and oxygen atoms in total. The number of carboxylic acids is 1. The van der Waals surface area contributed by atoms with Crippen molar-refractivity contribution in [1.29, 1.82) is 0 Å². The third-order valence-electron chi connectivity index (χ3n) is 7.54. The van der Waals surface area contributed by atoms with Crippen LogP contribution in [0.4, 0.5) is 14.6 Å². The van der Waals surface area contributed by atoms with Crippen molar-refractivity contribution in [2.45, 2.75) is 69.8 Å². The molecule has 1 aliphatic heterocycles. The topological polar surface area (TPSA) is 104 Å². The highest BCUT2D eigenvalue weighted by Crippen LogP contribution is 2.43. The van der Waals surface area contributed by atoms with Gasteiger partial charge in [-0.1, -0.05) is 24.3 Å². The van der Waals surface area contributed by atoms with Gasteiger partial charge in [0.05, 0.1) is 0 Å². The number of aryl methyl sites for hydroxylation is 2. The average molecular weight is 559 g/mol. The molecule has 1 aromatic heterocycles. The lowest BCUT2D eigenvalue weighted by molar-refractivity contribution is -0.144. The predicted molar refractivity (Wildman–Crippen MR) is 149 cm³/mol. The van der Waals surface area contributed by atoms with Crippen molar-refractivity contribution in [2.24, 2.45) is 5.92 Å². The van der Waals surface area contributed by atoms with Gasteiger partial charge in [-0.15, -0.1) is 0 Å². The van der Waals surface area contributed by atoms with Crippen molar-refractivity contribution in [3.05, 3.63) is 53.7 Å². The number of anilines is 1. The Morgan fingerprint density at radius 1 is 1.12 bits per heavy atom. The molecule has 1 amide bonds. The number of fused-ring (bicyclic) bond motifs is 1. The smallest absolute Gasteiger partial charge is 0.326 e. The van der Waals surface area contributed by atoms with Crippen LogP contribution in [0.2, 0.25) is 0 Å². The SMILES string of the molecule is O=C(CC1CC(F)(F)C1)N[C@@H](CCN(CCCCc1ccc2c(n1)NCCC2)CCOc1ccccc1)C(=O)O. The Balaban J connectivity index is 1.25. The zero-order valence-corrected chi connectivity index (χ0v) is 22.9. The minimum Gasteiger partial charge on any atom is -0.492 e. The number of aliphatic carboxylic acids is 1. The van der Waals surface area contributed by atoms with Gasteiger partial charge in [0.15, 0.2) is 0 Å². The number of alkyl halides is 2. The molecule has 218 valence electrons. The van der Waals surface area contributed by atoms with Crippen LogP contribution in [0.25, 0.3) is 0 Å². The zero-order chi connectivity index (χ0) is 28.4. The Kier molecular flexibility index (Phi) is 10.7. The van der Waals surface area contributed by atoms with Gasteiger partial charge in [0.2, 0.25) is 11.8 Å². The van der Waals surface area contributed by atoms with Crippen molar-refractivity contribution < 1.29 is 28.2 Å². The lowest BCUT2D eigenvalue weighted by Gasteiger charge is -2.34. The lowest BCUT2D eigenvalue weighted by Crippen LogP contribution is -2.45. The molecule has 0 bridgehead atoms. The summed E-state index contributed by atoms with van der Waals surface area (Å²) in [5.74, 6) is -2.94. The molecule has 0 radical (unpaired) electrons. The molecule has 4 rings (SSSR count). The van der Waals surface area contributed by atoms with Gasteiger partial charge in [-0.2, -0.15) is 0 Å². The third-order valence-corrected chi connectivity index (χ3v) is 7.54. The number of nitrogens with zero attached hydrogens (tertiary/aromatic N) is 2. The molecule has 0 saturated heterocycles. The van der Waals surface area contributed by atoms with Crippen molar-refractivity contribution in [1.82, 2.24) is 15.2 Å². The van der Waals surface area contributed by atoms with E-state index in [-0.39, 0.29) is 25.7 Å². The second kappa shape index (κ2) is 14.4. The van der Waals surface area contributed by atoms with Crippen molar-refractivity contribution >= 4 is 17.7 Å². The van der Waals surface area contributed by atoms with Gasteiger partial charge in [-0.3, -0.25) is 9.69 Å². The number of halogens is 2. The fraction of sp³-hybridized carbons (Fsp3) is 0.567. The number of carboxylic acid groups (broad SMARTS) is 1. The summed E-state index contributed by atoms with van der Waals surface area (Å²) in [5, 5.41) is 15.6. The first kappa shape index (κ1) is 29.7. The normalized spacial score (nSPS) is 16.9. The molecule has 2 heterocycles. The number of rotatable bonds is 16. The van der Waals surface area contributed by atoms with Gasteiger partial charge < -0.3 is 20.5 Å². The van der Waals surface area contributed by atoms with Crippen molar-refractivity contribution in [3.63, 3.8) is 0 Å². The second-order valence-electron chi connectivity index (χ2n) is 10.9. The van der Waals surface area contributed by atoms with Crippen LogP contribution in [0.1, 0.15) is 56.2 Å². The molecular formula is C30H40F2N4O4. The number of hydrogen-bond donors (Lipinski definition) is 3. The second-order valence-corrected chi connectivity index (χ2v) is 10.9. The molecule has 3 N–H and O–H groups in total. The van der Waals surface area contributed by atoms with Crippen LogP contribution in [0.15, 0.2) is 42.5 Å². The number of benzene rings is 1. The van der Waals surface area contributed by atoms with Crippen LogP contribution < -0.4 is 15.4 Å². The first-order valence-corrected chi connectivity index (χ1v) is 14.3. The summed E-state index contributed by atoms with van der Waals surface area (Å²) in [5.41, 5.74) is 2.33. The van der Waals surface area contributed by atoms with Gasteiger partial charge in [0, 0.05) is 44.6 Å². The third kappa shape index (κ3) is 9.43. The van der Waals surface area contributed by atoms with E-state index in [9.17, 15) is 23.5 Å². The minimum atomic E-state index is -2.70. The Bertz CT molecular complexity index is 1110. The van der Waals surface area contributed by atoms with Crippen molar-refractivity contribution in [2.75, 3.05) is 38.1 Å². The number of unbranched alkanes of at least 4 members (excludes halogenated alkanes) is 1. The van der Waals surface area contributed by atoms with Crippen molar-refractivity contribution in [3.8, 4) is 5.75 Å². The van der Waals surface area contributed by atoms with Crippen LogP contribution in [-0.2, 0) is 22.4 Å². The molecule has 1 atom stereocenters. The first-order valence-electron chi connectivity index (χ1n) is 14.3. The Hall–Kier alpha value is -3.27. The molecule has 1 saturated carbocycles. The Morgan fingerprint density at radius 2 is 1.93 bits per heavy atom. The molecule has 2 aromatic rings. The number of amides is 1. The van der Waals surface area contributed by atoms with E-state index in [0.717, 1.165) is 62.5 Å². The summed E-state index contributed by atoms with van der Waals surface area (Å²) >= 11 is 0. The van der Waals surface area contributed by atoms with Gasteiger partial charge >= 0.3 is 5.97 Å². The number of carbonyl (C=O) groups excluding carboxylic acids is 1. The van der Waals surface area contributed by atoms with E-state index >= 15 is 0 Å². The van der Waals surface area contributed by atoms with E-state index in [1.54, 1.807) is 0 Å². The maximum Gasteiger partial charge on any atom is 0.326 e. The summed E-state index contributed by atoms with van der Waals surface area (Å²) in [4.78, 5) is 31.1. The van der Waals surface area contributed by atoms with Crippen LogP contribution >= 0.6 is 0 Å². The number of nitrogens with one attached hydrogen (secondary N) is 2. The van der Waals surface area contributed by atoms with E-state index < -0.39 is 29.8 Å². The summed E-state index contributed by atoms with van der Waals surface area (Å²) in [6, 6.07) is 12.7. The quantitative estimate of drug-likeness (QED) is 0.260. The largest absolute Gasteiger partial charge is 0.492 e. The fourth-order valence-corrected chi connectivity index (χ4v) is 5.31. The highest BCUT2D eigenvalue weighted by atomic mass is 19.3. The molecule has 1 fully saturated rings. The standard InChI is InChI=1S/C30H40F2N4O4/c31-30(32)20-22(21-30)19-27(37)35-26(29(38)39)13-16-36(17-18-40-25-9-2-1-3-10-25)15-5-4-8-24-12-11-23-7-6-14-33-28(23)34-24/h1-3,9-12,22,26H,4-8,13-21H2,(H,33,34)(H,35,37)(H,38,39)/t26-/m0/s1. The van der Waals surface area contributed by atoms with Crippen LogP contribution in [-0.4, -0.2) is 71.6 Å². The summed E-state index contributed by atoms with van der Waals surface area (Å²) in [6.45, 7) is 3.21.